The molecule has 2 aromatic rings. The Hall–Kier alpha value is -0.750. The van der Waals surface area contributed by atoms with Gasteiger partial charge in [-0.15, -0.1) is 22.7 Å². The van der Waals surface area contributed by atoms with Crippen molar-refractivity contribution in [1.82, 2.24) is 10.3 Å². The first-order chi connectivity index (χ1) is 8.09. The summed E-state index contributed by atoms with van der Waals surface area (Å²) >= 11 is 3.37. The zero-order valence-electron chi connectivity index (χ0n) is 10.0. The van der Waals surface area contributed by atoms with Gasteiger partial charge in [0.15, 0.2) is 0 Å². The Morgan fingerprint density at radius 2 is 2.24 bits per heavy atom. The molecule has 0 spiro atoms. The lowest BCUT2D eigenvalue weighted by Gasteiger charge is -2.25. The van der Waals surface area contributed by atoms with E-state index in [0.717, 1.165) is 11.6 Å². The van der Waals surface area contributed by atoms with E-state index in [2.05, 4.69) is 35.6 Å². The van der Waals surface area contributed by atoms with Crippen LogP contribution in [0.25, 0.3) is 0 Å². The maximum Gasteiger partial charge on any atom is 0.112 e. The maximum atomic E-state index is 6.13. The lowest BCUT2D eigenvalue weighted by Crippen LogP contribution is -2.40. The van der Waals surface area contributed by atoms with Crippen LogP contribution in [-0.4, -0.2) is 11.5 Å². The molecule has 17 heavy (non-hydrogen) atoms. The van der Waals surface area contributed by atoms with E-state index in [1.54, 1.807) is 22.7 Å². The monoisotopic (exact) mass is 267 g/mol. The van der Waals surface area contributed by atoms with Gasteiger partial charge in [-0.05, 0) is 25.3 Å². The second-order valence-electron chi connectivity index (χ2n) is 4.47. The van der Waals surface area contributed by atoms with Crippen molar-refractivity contribution >= 4 is 22.7 Å². The van der Waals surface area contributed by atoms with Gasteiger partial charge in [-0.1, -0.05) is 6.07 Å². The number of nitrogens with one attached hydrogen (secondary N) is 1. The number of hydrogen-bond donors (Lipinski definition) is 2. The van der Waals surface area contributed by atoms with Gasteiger partial charge in [0, 0.05) is 23.0 Å². The van der Waals surface area contributed by atoms with E-state index in [-0.39, 0.29) is 11.6 Å². The van der Waals surface area contributed by atoms with Crippen molar-refractivity contribution in [2.24, 2.45) is 5.73 Å². The molecule has 0 aromatic carbocycles. The Morgan fingerprint density at radius 3 is 2.82 bits per heavy atom. The predicted octanol–water partition coefficient (Wildman–Crippen LogP) is 2.73. The van der Waals surface area contributed by atoms with Crippen LogP contribution in [0.15, 0.2) is 29.1 Å². The highest BCUT2D eigenvalue weighted by molar-refractivity contribution is 7.10. The predicted molar refractivity (Wildman–Crippen MR) is 74.4 cm³/mol. The molecule has 0 aliphatic carbocycles. The zero-order chi connectivity index (χ0) is 12.3. The fourth-order valence-corrected chi connectivity index (χ4v) is 3.04. The SMILES string of the molecule is CC(C)(NCC(N)c1cccs1)c1nccs1. The van der Waals surface area contributed by atoms with Gasteiger partial charge >= 0.3 is 0 Å². The van der Waals surface area contributed by atoms with E-state index in [1.165, 1.54) is 4.88 Å². The molecule has 0 aliphatic rings. The molecule has 2 rings (SSSR count). The molecule has 0 radical (unpaired) electrons. The average Bonchev–Trinajstić information content (AvgIpc) is 2.97. The summed E-state index contributed by atoms with van der Waals surface area (Å²) < 4.78 is 0. The summed E-state index contributed by atoms with van der Waals surface area (Å²) in [5, 5.41) is 8.63. The van der Waals surface area contributed by atoms with Gasteiger partial charge in [0.05, 0.1) is 11.6 Å². The molecular formula is C12H17N3S2. The van der Waals surface area contributed by atoms with Crippen LogP contribution in [0.5, 0.6) is 0 Å². The summed E-state index contributed by atoms with van der Waals surface area (Å²) in [6.07, 6.45) is 1.84. The number of thiophene rings is 1. The lowest BCUT2D eigenvalue weighted by atomic mass is 10.1. The van der Waals surface area contributed by atoms with Crippen LogP contribution in [-0.2, 0) is 5.54 Å². The van der Waals surface area contributed by atoms with E-state index < -0.39 is 0 Å². The number of nitrogens with zero attached hydrogens (tertiary/aromatic N) is 1. The molecule has 0 saturated carbocycles. The highest BCUT2D eigenvalue weighted by atomic mass is 32.1. The minimum atomic E-state index is -0.122. The summed E-state index contributed by atoms with van der Waals surface area (Å²) in [5.74, 6) is 0. The van der Waals surface area contributed by atoms with Crippen molar-refractivity contribution in [3.05, 3.63) is 39.0 Å². The van der Waals surface area contributed by atoms with Gasteiger partial charge in [0.25, 0.3) is 0 Å². The lowest BCUT2D eigenvalue weighted by molar-refractivity contribution is 0.387. The Labute approximate surface area is 110 Å². The highest BCUT2D eigenvalue weighted by Crippen LogP contribution is 2.23. The van der Waals surface area contributed by atoms with Crippen molar-refractivity contribution in [3.63, 3.8) is 0 Å². The highest BCUT2D eigenvalue weighted by Gasteiger charge is 2.23. The Balaban J connectivity index is 1.94. The third kappa shape index (κ3) is 3.13. The van der Waals surface area contributed by atoms with Crippen molar-refractivity contribution in [2.75, 3.05) is 6.54 Å². The molecule has 0 fully saturated rings. The number of nitrogens with two attached hydrogens (primary N) is 1. The van der Waals surface area contributed by atoms with Crippen LogP contribution in [0.2, 0.25) is 0 Å². The Bertz CT molecular complexity index is 434. The van der Waals surface area contributed by atoms with Crippen LogP contribution in [0, 0.1) is 0 Å². The quantitative estimate of drug-likeness (QED) is 0.876. The van der Waals surface area contributed by atoms with Crippen molar-refractivity contribution in [3.8, 4) is 0 Å². The minimum Gasteiger partial charge on any atom is -0.322 e. The fourth-order valence-electron chi connectivity index (χ4n) is 1.58. The second kappa shape index (κ2) is 5.27. The van der Waals surface area contributed by atoms with Crippen molar-refractivity contribution in [2.45, 2.75) is 25.4 Å². The van der Waals surface area contributed by atoms with Gasteiger partial charge in [-0.25, -0.2) is 4.98 Å². The van der Waals surface area contributed by atoms with Gasteiger partial charge in [0.1, 0.15) is 5.01 Å². The number of aromatic nitrogens is 1. The topological polar surface area (TPSA) is 50.9 Å². The molecule has 92 valence electrons. The fraction of sp³-hybridized carbons (Fsp3) is 0.417. The summed E-state index contributed by atoms with van der Waals surface area (Å²) in [6.45, 7) is 5.02. The van der Waals surface area contributed by atoms with Gasteiger partial charge in [-0.2, -0.15) is 0 Å². The molecule has 0 aliphatic heterocycles. The number of hydrogen-bond acceptors (Lipinski definition) is 5. The first kappa shape index (κ1) is 12.7. The molecule has 0 saturated heterocycles. The van der Waals surface area contributed by atoms with E-state index in [4.69, 9.17) is 5.73 Å². The van der Waals surface area contributed by atoms with Crippen LogP contribution in [0.1, 0.15) is 29.8 Å². The van der Waals surface area contributed by atoms with Crippen molar-refractivity contribution in [1.29, 1.82) is 0 Å². The van der Waals surface area contributed by atoms with Crippen LogP contribution in [0.3, 0.4) is 0 Å². The number of thiazole rings is 1. The molecule has 5 heteroatoms. The van der Waals surface area contributed by atoms with Gasteiger partial charge < -0.3 is 11.1 Å². The number of rotatable bonds is 5. The molecule has 0 amide bonds. The summed E-state index contributed by atoms with van der Waals surface area (Å²) in [6, 6.07) is 4.16. The first-order valence-electron chi connectivity index (χ1n) is 5.53. The van der Waals surface area contributed by atoms with Crippen LogP contribution in [0.4, 0.5) is 0 Å². The molecular weight excluding hydrogens is 250 g/mol. The molecule has 2 heterocycles. The normalized spacial score (nSPS) is 13.8. The van der Waals surface area contributed by atoms with E-state index in [9.17, 15) is 0 Å². The minimum absolute atomic E-state index is 0.0502. The first-order valence-corrected chi connectivity index (χ1v) is 7.29. The van der Waals surface area contributed by atoms with E-state index in [0.29, 0.717) is 0 Å². The third-order valence-corrected chi connectivity index (χ3v) is 4.74. The largest absolute Gasteiger partial charge is 0.322 e. The Morgan fingerprint density at radius 1 is 1.41 bits per heavy atom. The average molecular weight is 267 g/mol. The molecule has 2 aromatic heterocycles. The summed E-state index contributed by atoms with van der Waals surface area (Å²) in [7, 11) is 0. The standard InChI is InChI=1S/C12H17N3S2/c1-12(2,11-14-5-7-17-11)15-8-9(13)10-4-3-6-16-10/h3-7,9,15H,8,13H2,1-2H3. The van der Waals surface area contributed by atoms with Crippen LogP contribution >= 0.6 is 22.7 Å². The molecule has 3 nitrogen and oxygen atoms in total. The molecule has 1 unspecified atom stereocenters. The summed E-state index contributed by atoms with van der Waals surface area (Å²) in [5.41, 5.74) is 6.01. The summed E-state index contributed by atoms with van der Waals surface area (Å²) in [4.78, 5) is 5.56. The maximum absolute atomic E-state index is 6.13. The Kier molecular flexibility index (Phi) is 3.93. The van der Waals surface area contributed by atoms with E-state index in [1.807, 2.05) is 17.6 Å². The van der Waals surface area contributed by atoms with Crippen molar-refractivity contribution < 1.29 is 0 Å². The van der Waals surface area contributed by atoms with Gasteiger partial charge in [-0.3, -0.25) is 0 Å². The molecule has 3 N–H and O–H groups in total. The zero-order valence-corrected chi connectivity index (χ0v) is 11.6. The smallest absolute Gasteiger partial charge is 0.112 e. The van der Waals surface area contributed by atoms with E-state index >= 15 is 0 Å². The second-order valence-corrected chi connectivity index (χ2v) is 6.34. The van der Waals surface area contributed by atoms with Gasteiger partial charge in [0.2, 0.25) is 0 Å². The third-order valence-electron chi connectivity index (χ3n) is 2.64. The van der Waals surface area contributed by atoms with Crippen LogP contribution < -0.4 is 11.1 Å². The molecule has 0 bridgehead atoms. The molecule has 1 atom stereocenters.